The average molecular weight is 189 g/mol. The molecule has 2 rings (SSSR count). The third kappa shape index (κ3) is 1.35. The number of rotatable bonds is 1. The minimum atomic E-state index is 0.0997. The molecule has 4 heteroatoms. The van der Waals surface area contributed by atoms with Crippen LogP contribution in [0.1, 0.15) is 11.1 Å². The van der Waals surface area contributed by atoms with Gasteiger partial charge in [0.2, 0.25) is 5.89 Å². The molecule has 72 valence electrons. The van der Waals surface area contributed by atoms with E-state index in [1.807, 2.05) is 32.0 Å². The summed E-state index contributed by atoms with van der Waals surface area (Å²) in [5.41, 5.74) is 8.56. The van der Waals surface area contributed by atoms with Crippen molar-refractivity contribution in [2.24, 2.45) is 0 Å². The molecule has 0 saturated heterocycles. The van der Waals surface area contributed by atoms with Crippen molar-refractivity contribution in [2.45, 2.75) is 13.8 Å². The topological polar surface area (TPSA) is 64.9 Å². The van der Waals surface area contributed by atoms with Crippen LogP contribution >= 0.6 is 0 Å². The van der Waals surface area contributed by atoms with Crippen molar-refractivity contribution in [1.82, 2.24) is 10.2 Å². The lowest BCUT2D eigenvalue weighted by Crippen LogP contribution is -1.87. The second-order valence-corrected chi connectivity index (χ2v) is 3.21. The number of anilines is 1. The Hall–Kier alpha value is -1.84. The van der Waals surface area contributed by atoms with Gasteiger partial charge in [0.25, 0.3) is 0 Å². The van der Waals surface area contributed by atoms with E-state index in [0.29, 0.717) is 5.89 Å². The molecule has 0 unspecified atom stereocenters. The van der Waals surface area contributed by atoms with Gasteiger partial charge in [-0.1, -0.05) is 23.3 Å². The number of benzene rings is 1. The lowest BCUT2D eigenvalue weighted by Gasteiger charge is -2.03. The molecule has 2 aromatic rings. The highest BCUT2D eigenvalue weighted by molar-refractivity contribution is 5.62. The van der Waals surface area contributed by atoms with Crippen LogP contribution < -0.4 is 5.73 Å². The lowest BCUT2D eigenvalue weighted by molar-refractivity contribution is 0.589. The molecule has 0 atom stereocenters. The second-order valence-electron chi connectivity index (χ2n) is 3.21. The highest BCUT2D eigenvalue weighted by Crippen LogP contribution is 2.25. The Kier molecular flexibility index (Phi) is 1.96. The number of aryl methyl sites for hydroxylation is 2. The van der Waals surface area contributed by atoms with Crippen LogP contribution in [0.25, 0.3) is 11.5 Å². The van der Waals surface area contributed by atoms with Gasteiger partial charge in [0.1, 0.15) is 0 Å². The number of hydrogen-bond acceptors (Lipinski definition) is 4. The normalized spacial score (nSPS) is 10.4. The highest BCUT2D eigenvalue weighted by Gasteiger charge is 2.11. The molecular weight excluding hydrogens is 178 g/mol. The first-order valence-electron chi connectivity index (χ1n) is 4.34. The van der Waals surface area contributed by atoms with Crippen LogP contribution in [0, 0.1) is 13.8 Å². The third-order valence-electron chi connectivity index (χ3n) is 2.14. The van der Waals surface area contributed by atoms with Gasteiger partial charge in [0.15, 0.2) is 0 Å². The Morgan fingerprint density at radius 1 is 1.14 bits per heavy atom. The summed E-state index contributed by atoms with van der Waals surface area (Å²) >= 11 is 0. The van der Waals surface area contributed by atoms with E-state index in [2.05, 4.69) is 10.2 Å². The molecule has 1 aromatic carbocycles. The van der Waals surface area contributed by atoms with Gasteiger partial charge in [-0.2, -0.15) is 0 Å². The smallest absolute Gasteiger partial charge is 0.313 e. The fourth-order valence-corrected chi connectivity index (χ4v) is 1.49. The zero-order valence-corrected chi connectivity index (χ0v) is 8.11. The monoisotopic (exact) mass is 189 g/mol. The molecule has 14 heavy (non-hydrogen) atoms. The molecule has 0 amide bonds. The standard InChI is InChI=1S/C10H11N3O/c1-6-4-3-5-7(2)8(6)9-12-13-10(11)14-9/h3-5H,1-2H3,(H2,11,13). The predicted molar refractivity (Wildman–Crippen MR) is 53.6 cm³/mol. The van der Waals surface area contributed by atoms with Crippen molar-refractivity contribution in [3.05, 3.63) is 29.3 Å². The third-order valence-corrected chi connectivity index (χ3v) is 2.14. The van der Waals surface area contributed by atoms with E-state index in [-0.39, 0.29) is 6.01 Å². The fraction of sp³-hybridized carbons (Fsp3) is 0.200. The van der Waals surface area contributed by atoms with Crippen molar-refractivity contribution in [2.75, 3.05) is 5.73 Å². The summed E-state index contributed by atoms with van der Waals surface area (Å²) in [6, 6.07) is 6.10. The lowest BCUT2D eigenvalue weighted by atomic mass is 10.0. The largest absolute Gasteiger partial charge is 0.404 e. The quantitative estimate of drug-likeness (QED) is 0.744. The number of aromatic nitrogens is 2. The maximum atomic E-state index is 5.38. The number of nitrogens with two attached hydrogens (primary N) is 1. The van der Waals surface area contributed by atoms with Gasteiger partial charge in [-0.25, -0.2) is 0 Å². The summed E-state index contributed by atoms with van der Waals surface area (Å²) in [6.07, 6.45) is 0. The van der Waals surface area contributed by atoms with E-state index in [9.17, 15) is 0 Å². The van der Waals surface area contributed by atoms with Gasteiger partial charge in [-0.15, -0.1) is 5.10 Å². The minimum absolute atomic E-state index is 0.0997. The number of nitrogens with zero attached hydrogens (tertiary/aromatic N) is 2. The molecule has 0 aliphatic carbocycles. The van der Waals surface area contributed by atoms with E-state index < -0.39 is 0 Å². The Balaban J connectivity index is 2.61. The minimum Gasteiger partial charge on any atom is -0.404 e. The van der Waals surface area contributed by atoms with Crippen molar-refractivity contribution in [3.8, 4) is 11.5 Å². The number of hydrogen-bond donors (Lipinski definition) is 1. The first-order valence-corrected chi connectivity index (χ1v) is 4.34. The van der Waals surface area contributed by atoms with E-state index >= 15 is 0 Å². The maximum absolute atomic E-state index is 5.38. The molecule has 0 aliphatic rings. The van der Waals surface area contributed by atoms with E-state index in [4.69, 9.17) is 10.2 Å². The van der Waals surface area contributed by atoms with Gasteiger partial charge < -0.3 is 10.2 Å². The molecule has 0 fully saturated rings. The Bertz CT molecular complexity index is 442. The summed E-state index contributed by atoms with van der Waals surface area (Å²) in [4.78, 5) is 0. The zero-order chi connectivity index (χ0) is 10.1. The zero-order valence-electron chi connectivity index (χ0n) is 8.11. The molecule has 1 aromatic heterocycles. The molecule has 4 nitrogen and oxygen atoms in total. The summed E-state index contributed by atoms with van der Waals surface area (Å²) in [5, 5.41) is 7.50. The second kappa shape index (κ2) is 3.14. The summed E-state index contributed by atoms with van der Waals surface area (Å²) in [7, 11) is 0. The van der Waals surface area contributed by atoms with Crippen LogP contribution in [0.2, 0.25) is 0 Å². The predicted octanol–water partition coefficient (Wildman–Crippen LogP) is 1.94. The van der Waals surface area contributed by atoms with Crippen LogP contribution in [-0.4, -0.2) is 10.2 Å². The molecular formula is C10H11N3O. The summed E-state index contributed by atoms with van der Waals surface area (Å²) in [5.74, 6) is 0.484. The first kappa shape index (κ1) is 8.74. The van der Waals surface area contributed by atoms with E-state index in [0.717, 1.165) is 16.7 Å². The summed E-state index contributed by atoms with van der Waals surface area (Å²) in [6.45, 7) is 4.01. The van der Waals surface area contributed by atoms with Crippen LogP contribution in [0.15, 0.2) is 22.6 Å². The highest BCUT2D eigenvalue weighted by atomic mass is 16.4. The van der Waals surface area contributed by atoms with Crippen molar-refractivity contribution in [3.63, 3.8) is 0 Å². The van der Waals surface area contributed by atoms with Crippen LogP contribution in [-0.2, 0) is 0 Å². The maximum Gasteiger partial charge on any atom is 0.313 e. The van der Waals surface area contributed by atoms with Crippen LogP contribution in [0.3, 0.4) is 0 Å². The summed E-state index contributed by atoms with van der Waals surface area (Å²) < 4.78 is 5.19. The number of nitrogen functional groups attached to an aromatic ring is 1. The van der Waals surface area contributed by atoms with Crippen molar-refractivity contribution < 1.29 is 4.42 Å². The fourth-order valence-electron chi connectivity index (χ4n) is 1.49. The SMILES string of the molecule is Cc1cccc(C)c1-c1nnc(N)o1. The van der Waals surface area contributed by atoms with Crippen molar-refractivity contribution in [1.29, 1.82) is 0 Å². The molecule has 1 heterocycles. The molecule has 2 N–H and O–H groups in total. The Morgan fingerprint density at radius 2 is 1.79 bits per heavy atom. The van der Waals surface area contributed by atoms with Crippen LogP contribution in [0.4, 0.5) is 6.01 Å². The van der Waals surface area contributed by atoms with Crippen molar-refractivity contribution >= 4 is 6.01 Å². The molecule has 0 bridgehead atoms. The van der Waals surface area contributed by atoms with Gasteiger partial charge in [0, 0.05) is 5.56 Å². The van der Waals surface area contributed by atoms with E-state index in [1.165, 1.54) is 0 Å². The first-order chi connectivity index (χ1) is 6.68. The molecule has 0 radical (unpaired) electrons. The van der Waals surface area contributed by atoms with E-state index in [1.54, 1.807) is 0 Å². The average Bonchev–Trinajstić information content (AvgIpc) is 2.51. The van der Waals surface area contributed by atoms with Gasteiger partial charge in [0.05, 0.1) is 0 Å². The molecule has 0 aliphatic heterocycles. The van der Waals surface area contributed by atoms with Crippen LogP contribution in [0.5, 0.6) is 0 Å². The molecule has 0 saturated carbocycles. The van der Waals surface area contributed by atoms with Gasteiger partial charge >= 0.3 is 6.01 Å². The Labute approximate surface area is 81.8 Å². The Morgan fingerprint density at radius 3 is 2.29 bits per heavy atom. The van der Waals surface area contributed by atoms with Gasteiger partial charge in [-0.3, -0.25) is 0 Å². The van der Waals surface area contributed by atoms with Gasteiger partial charge in [-0.05, 0) is 25.0 Å². The molecule has 0 spiro atoms.